The summed E-state index contributed by atoms with van der Waals surface area (Å²) in [5, 5.41) is 11.5. The molecule has 0 aliphatic heterocycles. The van der Waals surface area contributed by atoms with Gasteiger partial charge in [0.2, 0.25) is 0 Å². The van der Waals surface area contributed by atoms with E-state index in [1.165, 1.54) is 77.0 Å². The third-order valence-corrected chi connectivity index (χ3v) is 7.74. The molecule has 0 aliphatic rings. The van der Waals surface area contributed by atoms with E-state index in [0.717, 1.165) is 38.5 Å². The quantitative estimate of drug-likeness (QED) is 0.0527. The Morgan fingerprint density at radius 2 is 1.05 bits per heavy atom. The molecule has 0 saturated heterocycles. The van der Waals surface area contributed by atoms with E-state index in [1.54, 1.807) is 21.1 Å². The summed E-state index contributed by atoms with van der Waals surface area (Å²) in [6, 6.07) is -0.716. The summed E-state index contributed by atoms with van der Waals surface area (Å²) in [7, 11) is 5.39. The Balaban J connectivity index is 4.46. The highest BCUT2D eigenvalue weighted by Gasteiger charge is 2.25. The van der Waals surface area contributed by atoms with Crippen molar-refractivity contribution in [3.8, 4) is 0 Å². The maximum absolute atomic E-state index is 12.5. The Morgan fingerprint density at radius 1 is 0.619 bits per heavy atom. The van der Waals surface area contributed by atoms with Crippen molar-refractivity contribution in [1.29, 1.82) is 0 Å². The van der Waals surface area contributed by atoms with Crippen LogP contribution in [0.15, 0.2) is 0 Å². The van der Waals surface area contributed by atoms with E-state index < -0.39 is 18.1 Å². The number of unbranched alkanes of at least 4 members (excludes halogenated alkanes) is 16. The van der Waals surface area contributed by atoms with Crippen molar-refractivity contribution < 1.29 is 38.2 Å². The minimum Gasteiger partial charge on any atom is -0.544 e. The topological polar surface area (TPSA) is 102 Å². The van der Waals surface area contributed by atoms with Gasteiger partial charge in [-0.05, 0) is 12.8 Å². The maximum Gasteiger partial charge on any atom is 0.306 e. The number of esters is 2. The van der Waals surface area contributed by atoms with Crippen molar-refractivity contribution in [1.82, 2.24) is 0 Å². The minimum absolute atomic E-state index is 0.0472. The molecule has 0 aliphatic carbocycles. The molecule has 2 unspecified atom stereocenters. The molecule has 0 radical (unpaired) electrons. The van der Waals surface area contributed by atoms with Crippen molar-refractivity contribution in [2.24, 2.45) is 0 Å². The number of likely N-dealkylation sites (N-methyl/N-ethyl adjacent to an activating group) is 1. The summed E-state index contributed by atoms with van der Waals surface area (Å²) in [4.78, 5) is 36.3. The number of hydrogen-bond donors (Lipinski definition) is 0. The Bertz CT molecular complexity index is 677. The van der Waals surface area contributed by atoms with Crippen LogP contribution in [0, 0.1) is 0 Å². The number of quaternary nitrogens is 1. The fourth-order valence-corrected chi connectivity index (χ4v) is 5.01. The van der Waals surface area contributed by atoms with Gasteiger partial charge in [-0.2, -0.15) is 0 Å². The van der Waals surface area contributed by atoms with E-state index in [0.29, 0.717) is 12.8 Å². The number of carbonyl (C=O) groups excluding carboxylic acids is 3. The van der Waals surface area contributed by atoms with E-state index in [1.807, 2.05) is 0 Å². The van der Waals surface area contributed by atoms with Gasteiger partial charge in [0.1, 0.15) is 12.6 Å². The van der Waals surface area contributed by atoms with Crippen LogP contribution in [0.3, 0.4) is 0 Å². The van der Waals surface area contributed by atoms with E-state index in [4.69, 9.17) is 14.2 Å². The molecular weight excluding hydrogens is 534 g/mol. The van der Waals surface area contributed by atoms with E-state index in [9.17, 15) is 19.5 Å². The molecule has 0 fully saturated rings. The van der Waals surface area contributed by atoms with Gasteiger partial charge in [0.15, 0.2) is 6.10 Å². The first-order valence-electron chi connectivity index (χ1n) is 17.1. The Labute approximate surface area is 257 Å². The Hall–Kier alpha value is -1.67. The van der Waals surface area contributed by atoms with Gasteiger partial charge in [0.05, 0.1) is 40.3 Å². The number of hydrogen-bond acceptors (Lipinski definition) is 7. The van der Waals surface area contributed by atoms with Gasteiger partial charge in [-0.1, -0.05) is 117 Å². The molecule has 0 saturated carbocycles. The van der Waals surface area contributed by atoms with Crippen molar-refractivity contribution in [3.63, 3.8) is 0 Å². The summed E-state index contributed by atoms with van der Waals surface area (Å²) in [6.45, 7) is 4.60. The van der Waals surface area contributed by atoms with Crippen LogP contribution < -0.4 is 5.11 Å². The Morgan fingerprint density at radius 3 is 1.48 bits per heavy atom. The number of carbonyl (C=O) groups is 3. The lowest BCUT2D eigenvalue weighted by atomic mass is 10.1. The van der Waals surface area contributed by atoms with Crippen LogP contribution in [0.5, 0.6) is 0 Å². The number of aliphatic carboxylic acids is 1. The first-order valence-corrected chi connectivity index (χ1v) is 17.1. The third kappa shape index (κ3) is 24.9. The predicted molar refractivity (Wildman–Crippen MR) is 167 cm³/mol. The van der Waals surface area contributed by atoms with Crippen LogP contribution in [-0.2, 0) is 28.6 Å². The zero-order valence-electron chi connectivity index (χ0n) is 27.9. The predicted octanol–water partition coefficient (Wildman–Crippen LogP) is 6.51. The van der Waals surface area contributed by atoms with Crippen molar-refractivity contribution in [2.75, 3.05) is 41.0 Å². The summed E-state index contributed by atoms with van der Waals surface area (Å²) in [6.07, 6.45) is 21.3. The fraction of sp³-hybridized carbons (Fsp3) is 0.912. The van der Waals surface area contributed by atoms with Crippen LogP contribution in [0.25, 0.3) is 0 Å². The van der Waals surface area contributed by atoms with Gasteiger partial charge in [-0.25, -0.2) is 0 Å². The molecule has 0 heterocycles. The highest BCUT2D eigenvalue weighted by Crippen LogP contribution is 2.13. The standard InChI is InChI=1S/C34H65NO7/c1-6-8-10-12-14-16-17-19-20-22-24-32(36)41-29-30(28-40-27-26-31(34(38)39)35(3,4)5)42-33(37)25-23-21-18-15-13-11-9-7-2/h30-31H,6-29H2,1-5H3. The normalized spacial score (nSPS) is 13.1. The summed E-state index contributed by atoms with van der Waals surface area (Å²) in [5.41, 5.74) is 0. The monoisotopic (exact) mass is 599 g/mol. The van der Waals surface area contributed by atoms with E-state index in [2.05, 4.69) is 13.8 Å². The summed E-state index contributed by atoms with van der Waals surface area (Å²) >= 11 is 0. The minimum atomic E-state index is -1.12. The number of carboxylic acid groups (broad SMARTS) is 1. The van der Waals surface area contributed by atoms with Crippen molar-refractivity contribution in [2.45, 2.75) is 161 Å². The molecule has 0 bridgehead atoms. The summed E-state index contributed by atoms with van der Waals surface area (Å²) in [5.74, 6) is -1.74. The SMILES string of the molecule is CCCCCCCCCCCCC(=O)OCC(COCCC(C(=O)[O-])[N+](C)(C)C)OC(=O)CCCCCCCCCC. The van der Waals surface area contributed by atoms with Gasteiger partial charge >= 0.3 is 11.9 Å². The molecule has 0 N–H and O–H groups in total. The zero-order chi connectivity index (χ0) is 31.5. The first-order chi connectivity index (χ1) is 20.1. The molecular formula is C34H65NO7. The van der Waals surface area contributed by atoms with Gasteiger partial charge in [0, 0.05) is 19.3 Å². The molecule has 0 aromatic rings. The number of nitrogens with zero attached hydrogens (tertiary/aromatic N) is 1. The molecule has 0 aromatic carbocycles. The highest BCUT2D eigenvalue weighted by molar-refractivity contribution is 5.70. The molecule has 0 spiro atoms. The van der Waals surface area contributed by atoms with Gasteiger partial charge in [-0.15, -0.1) is 0 Å². The van der Waals surface area contributed by atoms with E-state index >= 15 is 0 Å². The summed E-state index contributed by atoms with van der Waals surface area (Å²) < 4.78 is 17.0. The molecule has 0 aromatic heterocycles. The lowest BCUT2D eigenvalue weighted by Crippen LogP contribution is -2.55. The van der Waals surface area contributed by atoms with Crippen molar-refractivity contribution >= 4 is 17.9 Å². The maximum atomic E-state index is 12.5. The molecule has 8 nitrogen and oxygen atoms in total. The van der Waals surface area contributed by atoms with Gasteiger partial charge < -0.3 is 28.6 Å². The second kappa shape index (κ2) is 26.9. The largest absolute Gasteiger partial charge is 0.544 e. The second-order valence-corrected chi connectivity index (χ2v) is 12.8. The van der Waals surface area contributed by atoms with E-state index in [-0.39, 0.29) is 42.7 Å². The lowest BCUT2D eigenvalue weighted by molar-refractivity contribution is -0.889. The molecule has 2 atom stereocenters. The molecule has 0 rings (SSSR count). The fourth-order valence-electron chi connectivity index (χ4n) is 5.01. The molecule has 8 heteroatoms. The van der Waals surface area contributed by atoms with Crippen LogP contribution >= 0.6 is 0 Å². The lowest BCUT2D eigenvalue weighted by Gasteiger charge is -2.34. The van der Waals surface area contributed by atoms with Crippen molar-refractivity contribution in [3.05, 3.63) is 0 Å². The second-order valence-electron chi connectivity index (χ2n) is 12.8. The van der Waals surface area contributed by atoms with Crippen LogP contribution in [-0.4, -0.2) is 75.5 Å². The smallest absolute Gasteiger partial charge is 0.306 e. The van der Waals surface area contributed by atoms with Crippen LogP contribution in [0.1, 0.15) is 149 Å². The first kappa shape index (κ1) is 40.3. The molecule has 0 amide bonds. The molecule has 42 heavy (non-hydrogen) atoms. The average molecular weight is 600 g/mol. The highest BCUT2D eigenvalue weighted by atomic mass is 16.6. The number of ether oxygens (including phenoxy) is 3. The zero-order valence-corrected chi connectivity index (χ0v) is 27.9. The van der Waals surface area contributed by atoms with Crippen LogP contribution in [0.2, 0.25) is 0 Å². The average Bonchev–Trinajstić information content (AvgIpc) is 2.92. The number of carboxylic acids is 1. The number of rotatable bonds is 30. The Kier molecular flexibility index (Phi) is 25.8. The third-order valence-electron chi connectivity index (χ3n) is 7.74. The molecule has 248 valence electrons. The van der Waals surface area contributed by atoms with Gasteiger partial charge in [-0.3, -0.25) is 9.59 Å². The van der Waals surface area contributed by atoms with Crippen LogP contribution in [0.4, 0.5) is 0 Å². The van der Waals surface area contributed by atoms with Gasteiger partial charge in [0.25, 0.3) is 0 Å².